The van der Waals surface area contributed by atoms with Crippen molar-refractivity contribution in [3.63, 3.8) is 0 Å². The molecular weight excluding hydrogens is 174 g/mol. The second-order valence-corrected chi connectivity index (χ2v) is 4.49. The van der Waals surface area contributed by atoms with Crippen LogP contribution in [0.2, 0.25) is 0 Å². The Morgan fingerprint density at radius 2 is 1.93 bits per heavy atom. The van der Waals surface area contributed by atoms with Gasteiger partial charge in [-0.1, -0.05) is 26.0 Å². The highest BCUT2D eigenvalue weighted by Gasteiger charge is 2.19. The highest BCUT2D eigenvalue weighted by Crippen LogP contribution is 2.25. The predicted molar refractivity (Wildman–Crippen MR) is 60.9 cm³/mol. The number of nitrogens with zero attached hydrogens (tertiary/aromatic N) is 1. The van der Waals surface area contributed by atoms with Crippen molar-refractivity contribution >= 4 is 5.69 Å². The minimum Gasteiger partial charge on any atom is -0.395 e. The van der Waals surface area contributed by atoms with Crippen LogP contribution in [0.3, 0.4) is 0 Å². The number of anilines is 1. The SMILES string of the molecule is CN(C)c1cccc(C(C)(C)CO)c1. The van der Waals surface area contributed by atoms with Crippen molar-refractivity contribution in [2.45, 2.75) is 19.3 Å². The zero-order chi connectivity index (χ0) is 10.8. The maximum absolute atomic E-state index is 9.26. The second kappa shape index (κ2) is 4.01. The van der Waals surface area contributed by atoms with Gasteiger partial charge < -0.3 is 10.0 Å². The smallest absolute Gasteiger partial charge is 0.0522 e. The number of benzene rings is 1. The third-order valence-electron chi connectivity index (χ3n) is 2.54. The standard InChI is InChI=1S/C12H19NO/c1-12(2,9-14)10-6-5-7-11(8-10)13(3)4/h5-8,14H,9H2,1-4H3. The Morgan fingerprint density at radius 3 is 2.43 bits per heavy atom. The van der Waals surface area contributed by atoms with Crippen molar-refractivity contribution in [2.24, 2.45) is 0 Å². The van der Waals surface area contributed by atoms with Gasteiger partial charge in [-0.15, -0.1) is 0 Å². The minimum atomic E-state index is -0.161. The lowest BCUT2D eigenvalue weighted by molar-refractivity contribution is 0.218. The maximum Gasteiger partial charge on any atom is 0.0522 e. The van der Waals surface area contributed by atoms with E-state index in [4.69, 9.17) is 0 Å². The summed E-state index contributed by atoms with van der Waals surface area (Å²) in [7, 11) is 4.04. The first-order valence-electron chi connectivity index (χ1n) is 4.86. The molecular formula is C12H19NO. The van der Waals surface area contributed by atoms with Gasteiger partial charge in [0.1, 0.15) is 0 Å². The van der Waals surface area contributed by atoms with Crippen LogP contribution in [0.1, 0.15) is 19.4 Å². The average molecular weight is 193 g/mol. The van der Waals surface area contributed by atoms with E-state index >= 15 is 0 Å². The third kappa shape index (κ3) is 2.26. The van der Waals surface area contributed by atoms with Crippen LogP contribution in [-0.2, 0) is 5.41 Å². The Bertz CT molecular complexity index is 305. The Balaban J connectivity index is 3.05. The molecule has 0 unspecified atom stereocenters. The van der Waals surface area contributed by atoms with Crippen molar-refractivity contribution in [1.29, 1.82) is 0 Å². The molecule has 0 aromatic heterocycles. The Morgan fingerprint density at radius 1 is 1.29 bits per heavy atom. The molecule has 2 nitrogen and oxygen atoms in total. The van der Waals surface area contributed by atoms with Gasteiger partial charge in [-0.2, -0.15) is 0 Å². The normalized spacial score (nSPS) is 11.5. The monoisotopic (exact) mass is 193 g/mol. The molecule has 0 aliphatic heterocycles. The van der Waals surface area contributed by atoms with E-state index in [1.54, 1.807) is 0 Å². The molecule has 0 atom stereocenters. The van der Waals surface area contributed by atoms with Crippen LogP contribution in [-0.4, -0.2) is 25.8 Å². The van der Waals surface area contributed by atoms with Crippen LogP contribution in [0, 0.1) is 0 Å². The average Bonchev–Trinajstić information content (AvgIpc) is 2.18. The summed E-state index contributed by atoms with van der Waals surface area (Å²) in [5.41, 5.74) is 2.18. The molecule has 0 aliphatic carbocycles. The van der Waals surface area contributed by atoms with E-state index in [0.29, 0.717) is 0 Å². The maximum atomic E-state index is 9.26. The van der Waals surface area contributed by atoms with Crippen molar-refractivity contribution < 1.29 is 5.11 Å². The van der Waals surface area contributed by atoms with Gasteiger partial charge in [-0.3, -0.25) is 0 Å². The van der Waals surface area contributed by atoms with Crippen LogP contribution >= 0.6 is 0 Å². The first-order chi connectivity index (χ1) is 6.47. The molecule has 2 heteroatoms. The minimum absolute atomic E-state index is 0.161. The summed E-state index contributed by atoms with van der Waals surface area (Å²) in [5, 5.41) is 9.26. The van der Waals surface area contributed by atoms with Gasteiger partial charge in [0.2, 0.25) is 0 Å². The molecule has 0 fully saturated rings. The van der Waals surface area contributed by atoms with E-state index in [2.05, 4.69) is 23.1 Å². The molecule has 78 valence electrons. The van der Waals surface area contributed by atoms with Gasteiger partial charge in [0.05, 0.1) is 6.61 Å². The Hall–Kier alpha value is -1.02. The lowest BCUT2D eigenvalue weighted by atomic mass is 9.85. The van der Waals surface area contributed by atoms with E-state index < -0.39 is 0 Å². The molecule has 1 aromatic carbocycles. The van der Waals surface area contributed by atoms with E-state index in [-0.39, 0.29) is 12.0 Å². The summed E-state index contributed by atoms with van der Waals surface area (Å²) in [5.74, 6) is 0. The summed E-state index contributed by atoms with van der Waals surface area (Å²) >= 11 is 0. The molecule has 0 heterocycles. The Kier molecular flexibility index (Phi) is 3.17. The predicted octanol–water partition coefficient (Wildman–Crippen LogP) is 2.02. The molecule has 0 bridgehead atoms. The van der Waals surface area contributed by atoms with Gasteiger partial charge in [-0.25, -0.2) is 0 Å². The number of aliphatic hydroxyl groups excluding tert-OH is 1. The largest absolute Gasteiger partial charge is 0.395 e. The van der Waals surface area contributed by atoms with Gasteiger partial charge in [0.15, 0.2) is 0 Å². The first kappa shape index (κ1) is 11.1. The molecule has 0 amide bonds. The molecule has 1 N–H and O–H groups in total. The van der Waals surface area contributed by atoms with Crippen molar-refractivity contribution in [3.8, 4) is 0 Å². The molecule has 0 aliphatic rings. The summed E-state index contributed by atoms with van der Waals surface area (Å²) < 4.78 is 0. The Labute approximate surface area is 86.2 Å². The van der Waals surface area contributed by atoms with E-state index in [1.807, 2.05) is 34.0 Å². The zero-order valence-electron chi connectivity index (χ0n) is 9.41. The van der Waals surface area contributed by atoms with Crippen LogP contribution in [0.4, 0.5) is 5.69 Å². The number of hydrogen-bond acceptors (Lipinski definition) is 2. The summed E-state index contributed by atoms with van der Waals surface area (Å²) in [6, 6.07) is 8.28. The van der Waals surface area contributed by atoms with E-state index in [9.17, 15) is 5.11 Å². The van der Waals surface area contributed by atoms with Crippen LogP contribution in [0.25, 0.3) is 0 Å². The van der Waals surface area contributed by atoms with Gasteiger partial charge >= 0.3 is 0 Å². The molecule has 0 saturated heterocycles. The van der Waals surface area contributed by atoms with Crippen molar-refractivity contribution in [1.82, 2.24) is 0 Å². The summed E-state index contributed by atoms with van der Waals surface area (Å²) in [4.78, 5) is 2.07. The van der Waals surface area contributed by atoms with Crippen LogP contribution < -0.4 is 4.90 Å². The lowest BCUT2D eigenvalue weighted by Gasteiger charge is -2.24. The third-order valence-corrected chi connectivity index (χ3v) is 2.54. The summed E-state index contributed by atoms with van der Waals surface area (Å²) in [6.07, 6.45) is 0. The topological polar surface area (TPSA) is 23.5 Å². The quantitative estimate of drug-likeness (QED) is 0.794. The molecule has 1 rings (SSSR count). The lowest BCUT2D eigenvalue weighted by Crippen LogP contribution is -2.22. The van der Waals surface area contributed by atoms with Crippen molar-refractivity contribution in [2.75, 3.05) is 25.6 Å². The fourth-order valence-electron chi connectivity index (χ4n) is 1.30. The van der Waals surface area contributed by atoms with Crippen LogP contribution in [0.15, 0.2) is 24.3 Å². The molecule has 0 radical (unpaired) electrons. The van der Waals surface area contributed by atoms with E-state index in [0.717, 1.165) is 0 Å². The number of rotatable bonds is 3. The van der Waals surface area contributed by atoms with Crippen molar-refractivity contribution in [3.05, 3.63) is 29.8 Å². The molecule has 0 saturated carbocycles. The second-order valence-electron chi connectivity index (χ2n) is 4.49. The fraction of sp³-hybridized carbons (Fsp3) is 0.500. The fourth-order valence-corrected chi connectivity index (χ4v) is 1.30. The highest BCUT2D eigenvalue weighted by atomic mass is 16.3. The summed E-state index contributed by atoms with van der Waals surface area (Å²) in [6.45, 7) is 4.26. The first-order valence-corrected chi connectivity index (χ1v) is 4.86. The van der Waals surface area contributed by atoms with E-state index in [1.165, 1.54) is 11.3 Å². The molecule has 0 spiro atoms. The van der Waals surface area contributed by atoms with Gasteiger partial charge in [0, 0.05) is 25.2 Å². The van der Waals surface area contributed by atoms with Crippen LogP contribution in [0.5, 0.6) is 0 Å². The number of hydrogen-bond donors (Lipinski definition) is 1. The molecule has 14 heavy (non-hydrogen) atoms. The number of aliphatic hydroxyl groups is 1. The molecule has 1 aromatic rings. The van der Waals surface area contributed by atoms with Gasteiger partial charge in [0.25, 0.3) is 0 Å². The van der Waals surface area contributed by atoms with Gasteiger partial charge in [-0.05, 0) is 17.7 Å². The zero-order valence-corrected chi connectivity index (χ0v) is 9.41. The highest BCUT2D eigenvalue weighted by molar-refractivity contribution is 5.48.